The quantitative estimate of drug-likeness (QED) is 0.340. The number of amides is 2. The van der Waals surface area contributed by atoms with Crippen molar-refractivity contribution in [3.63, 3.8) is 0 Å². The monoisotopic (exact) mass is 508 g/mol. The van der Waals surface area contributed by atoms with E-state index in [1.165, 1.54) is 5.56 Å². The summed E-state index contributed by atoms with van der Waals surface area (Å²) in [5.41, 5.74) is 2.71. The third-order valence-electron chi connectivity index (χ3n) is 6.79. The predicted molar refractivity (Wildman–Crippen MR) is 143 cm³/mol. The zero-order valence-corrected chi connectivity index (χ0v) is 22.5. The highest BCUT2D eigenvalue weighted by Gasteiger charge is 2.40. The van der Waals surface area contributed by atoms with Crippen LogP contribution in [0.15, 0.2) is 48.5 Å². The molecule has 0 bridgehead atoms. The standard InChI is InChI=1S/C30H40N2O5/c1-22-13-14-23(2)26(20-22)36-19-9-15-30(3,4)29(35)32-17-16-31-28(34)25(32)21-27(33)37-18-8-12-24-10-6-5-7-11-24/h5-7,10-11,13-14,20,25H,8-9,12,15-19,21H2,1-4H3,(H,31,34). The van der Waals surface area contributed by atoms with Crippen molar-refractivity contribution in [2.45, 2.75) is 65.8 Å². The van der Waals surface area contributed by atoms with E-state index in [2.05, 4.69) is 11.4 Å². The van der Waals surface area contributed by atoms with E-state index >= 15 is 0 Å². The van der Waals surface area contributed by atoms with Crippen LogP contribution in [0.4, 0.5) is 0 Å². The Morgan fingerprint density at radius 3 is 2.57 bits per heavy atom. The van der Waals surface area contributed by atoms with Gasteiger partial charge in [0.25, 0.3) is 0 Å². The fourth-order valence-electron chi connectivity index (χ4n) is 4.54. The maximum atomic E-state index is 13.5. The number of nitrogens with zero attached hydrogens (tertiary/aromatic N) is 1. The van der Waals surface area contributed by atoms with Crippen LogP contribution in [0.2, 0.25) is 0 Å². The Kier molecular flexibility index (Phi) is 10.1. The first-order valence-electron chi connectivity index (χ1n) is 13.2. The zero-order valence-electron chi connectivity index (χ0n) is 22.5. The van der Waals surface area contributed by atoms with E-state index < -0.39 is 17.4 Å². The molecule has 0 saturated carbocycles. The Labute approximate surface area is 220 Å². The number of hydrogen-bond acceptors (Lipinski definition) is 5. The van der Waals surface area contributed by atoms with Crippen LogP contribution in [0.3, 0.4) is 0 Å². The number of benzene rings is 2. The summed E-state index contributed by atoms with van der Waals surface area (Å²) in [5, 5.41) is 2.78. The first-order chi connectivity index (χ1) is 17.7. The zero-order chi connectivity index (χ0) is 26.8. The number of nitrogens with one attached hydrogen (secondary N) is 1. The Morgan fingerprint density at radius 2 is 1.81 bits per heavy atom. The lowest BCUT2D eigenvalue weighted by molar-refractivity contribution is -0.155. The first kappa shape index (κ1) is 28.2. The lowest BCUT2D eigenvalue weighted by atomic mass is 9.85. The van der Waals surface area contributed by atoms with Gasteiger partial charge in [0.05, 0.1) is 19.6 Å². The topological polar surface area (TPSA) is 84.9 Å². The molecule has 1 atom stereocenters. The van der Waals surface area contributed by atoms with Crippen molar-refractivity contribution in [3.05, 3.63) is 65.2 Å². The summed E-state index contributed by atoms with van der Waals surface area (Å²) in [6, 6.07) is 15.3. The van der Waals surface area contributed by atoms with Crippen LogP contribution in [0.1, 0.15) is 56.2 Å². The molecule has 2 aromatic carbocycles. The van der Waals surface area contributed by atoms with Gasteiger partial charge in [0, 0.05) is 18.5 Å². The van der Waals surface area contributed by atoms with Crippen molar-refractivity contribution < 1.29 is 23.9 Å². The number of esters is 1. The molecule has 1 heterocycles. The molecule has 1 N–H and O–H groups in total. The maximum absolute atomic E-state index is 13.5. The largest absolute Gasteiger partial charge is 0.493 e. The number of carbonyl (C=O) groups is 3. The average molecular weight is 509 g/mol. The van der Waals surface area contributed by atoms with E-state index in [0.29, 0.717) is 39.0 Å². The average Bonchev–Trinajstić information content (AvgIpc) is 2.88. The smallest absolute Gasteiger partial charge is 0.308 e. The molecule has 2 aromatic rings. The Bertz CT molecular complexity index is 1070. The predicted octanol–water partition coefficient (Wildman–Crippen LogP) is 4.38. The molecule has 37 heavy (non-hydrogen) atoms. The summed E-state index contributed by atoms with van der Waals surface area (Å²) in [7, 11) is 0. The Morgan fingerprint density at radius 1 is 1.05 bits per heavy atom. The number of ether oxygens (including phenoxy) is 2. The second-order valence-corrected chi connectivity index (χ2v) is 10.4. The summed E-state index contributed by atoms with van der Waals surface area (Å²) >= 11 is 0. The highest BCUT2D eigenvalue weighted by atomic mass is 16.5. The number of hydrogen-bond donors (Lipinski definition) is 1. The third-order valence-corrected chi connectivity index (χ3v) is 6.79. The van der Waals surface area contributed by atoms with Crippen LogP contribution in [0.25, 0.3) is 0 Å². The molecular weight excluding hydrogens is 468 g/mol. The molecule has 3 rings (SSSR count). The minimum absolute atomic E-state index is 0.129. The van der Waals surface area contributed by atoms with Crippen molar-refractivity contribution in [2.24, 2.45) is 5.41 Å². The van der Waals surface area contributed by atoms with Gasteiger partial charge in [-0.15, -0.1) is 0 Å². The van der Waals surface area contributed by atoms with Crippen LogP contribution >= 0.6 is 0 Å². The van der Waals surface area contributed by atoms with Gasteiger partial charge in [0.15, 0.2) is 0 Å². The van der Waals surface area contributed by atoms with E-state index in [0.717, 1.165) is 23.3 Å². The van der Waals surface area contributed by atoms with Crippen LogP contribution in [-0.2, 0) is 25.5 Å². The van der Waals surface area contributed by atoms with Gasteiger partial charge in [-0.05, 0) is 62.3 Å². The molecule has 2 amide bonds. The van der Waals surface area contributed by atoms with Gasteiger partial charge in [-0.2, -0.15) is 0 Å². The van der Waals surface area contributed by atoms with Crippen molar-refractivity contribution in [3.8, 4) is 5.75 Å². The van der Waals surface area contributed by atoms with Gasteiger partial charge in [-0.25, -0.2) is 0 Å². The van der Waals surface area contributed by atoms with Gasteiger partial charge in [-0.1, -0.05) is 56.3 Å². The lowest BCUT2D eigenvalue weighted by Crippen LogP contribution is -2.60. The van der Waals surface area contributed by atoms with Crippen LogP contribution in [0, 0.1) is 19.3 Å². The number of piperazine rings is 1. The van der Waals surface area contributed by atoms with Gasteiger partial charge >= 0.3 is 5.97 Å². The van der Waals surface area contributed by atoms with Crippen LogP contribution in [0.5, 0.6) is 5.75 Å². The number of aryl methyl sites for hydroxylation is 3. The Balaban J connectivity index is 1.49. The van der Waals surface area contributed by atoms with Gasteiger partial charge in [0.2, 0.25) is 11.8 Å². The van der Waals surface area contributed by atoms with Crippen molar-refractivity contribution >= 4 is 17.8 Å². The van der Waals surface area contributed by atoms with Crippen molar-refractivity contribution in [1.82, 2.24) is 10.2 Å². The fourth-order valence-corrected chi connectivity index (χ4v) is 4.54. The second-order valence-electron chi connectivity index (χ2n) is 10.4. The van der Waals surface area contributed by atoms with Gasteiger partial charge in [0.1, 0.15) is 11.8 Å². The minimum atomic E-state index is -0.853. The summed E-state index contributed by atoms with van der Waals surface area (Å²) in [5.74, 6) is -0.0438. The molecular formula is C30H40N2O5. The first-order valence-corrected chi connectivity index (χ1v) is 13.2. The molecule has 1 fully saturated rings. The maximum Gasteiger partial charge on any atom is 0.308 e. The molecule has 0 aliphatic carbocycles. The van der Waals surface area contributed by atoms with Crippen molar-refractivity contribution in [1.29, 1.82) is 0 Å². The van der Waals surface area contributed by atoms with Crippen molar-refractivity contribution in [2.75, 3.05) is 26.3 Å². The van der Waals surface area contributed by atoms with E-state index in [1.807, 2.05) is 70.2 Å². The number of rotatable bonds is 12. The highest BCUT2D eigenvalue weighted by Crippen LogP contribution is 2.28. The summed E-state index contributed by atoms with van der Waals surface area (Å²) in [6.45, 7) is 9.34. The lowest BCUT2D eigenvalue weighted by Gasteiger charge is -2.39. The molecule has 0 radical (unpaired) electrons. The van der Waals surface area contributed by atoms with E-state index in [1.54, 1.807) is 4.90 Å². The van der Waals surface area contributed by atoms with E-state index in [4.69, 9.17) is 9.47 Å². The van der Waals surface area contributed by atoms with E-state index in [-0.39, 0.29) is 24.8 Å². The summed E-state index contributed by atoms with van der Waals surface area (Å²) in [4.78, 5) is 40.2. The molecule has 0 spiro atoms. The molecule has 1 aliphatic heterocycles. The minimum Gasteiger partial charge on any atom is -0.493 e. The molecule has 7 heteroatoms. The molecule has 200 valence electrons. The SMILES string of the molecule is Cc1ccc(C)c(OCCCC(C)(C)C(=O)N2CCNC(=O)C2CC(=O)OCCCc2ccccc2)c1. The molecule has 0 aromatic heterocycles. The fraction of sp³-hybridized carbons (Fsp3) is 0.500. The molecule has 1 aliphatic rings. The summed E-state index contributed by atoms with van der Waals surface area (Å²) in [6.07, 6.45) is 2.66. The van der Waals surface area contributed by atoms with Gasteiger partial charge in [-0.3, -0.25) is 14.4 Å². The molecule has 1 saturated heterocycles. The van der Waals surface area contributed by atoms with Crippen LogP contribution in [-0.4, -0.2) is 55.0 Å². The number of carbonyl (C=O) groups excluding carboxylic acids is 3. The van der Waals surface area contributed by atoms with E-state index in [9.17, 15) is 14.4 Å². The second kappa shape index (κ2) is 13.3. The third kappa shape index (κ3) is 8.34. The van der Waals surface area contributed by atoms with Gasteiger partial charge < -0.3 is 19.7 Å². The molecule has 1 unspecified atom stereocenters. The molecule has 7 nitrogen and oxygen atoms in total. The van der Waals surface area contributed by atoms with Crippen LogP contribution < -0.4 is 10.1 Å². The summed E-state index contributed by atoms with van der Waals surface area (Å²) < 4.78 is 11.3. The Hall–Kier alpha value is -3.35. The highest BCUT2D eigenvalue weighted by molar-refractivity contribution is 5.93. The normalized spacial score (nSPS) is 15.7.